The van der Waals surface area contributed by atoms with Crippen molar-refractivity contribution in [1.29, 1.82) is 0 Å². The summed E-state index contributed by atoms with van der Waals surface area (Å²) in [5.41, 5.74) is 0.425. The summed E-state index contributed by atoms with van der Waals surface area (Å²) in [4.78, 5) is 1.85. The van der Waals surface area contributed by atoms with E-state index in [1.54, 1.807) is 18.1 Å². The van der Waals surface area contributed by atoms with Crippen LogP contribution < -0.4 is 0 Å². The van der Waals surface area contributed by atoms with E-state index >= 15 is 0 Å². The highest BCUT2D eigenvalue weighted by atomic mass is 32.1. The molecule has 0 aliphatic rings. The molecule has 1 heterocycles. The van der Waals surface area contributed by atoms with Crippen LogP contribution in [0.4, 0.5) is 8.78 Å². The fourth-order valence-corrected chi connectivity index (χ4v) is 2.27. The Balaban J connectivity index is 2.01. The molecule has 0 amide bonds. The van der Waals surface area contributed by atoms with Crippen LogP contribution in [0.5, 0.6) is 0 Å². The minimum atomic E-state index is -0.581. The number of hydrogen-bond donors (Lipinski definition) is 0. The van der Waals surface area contributed by atoms with Crippen LogP contribution in [0.25, 0.3) is 0 Å². The molecule has 2 rings (SSSR count). The minimum absolute atomic E-state index is 0.332. The third-order valence-corrected chi connectivity index (χ3v) is 3.61. The van der Waals surface area contributed by atoms with Gasteiger partial charge in [-0.3, -0.25) is 4.90 Å². The van der Waals surface area contributed by atoms with Gasteiger partial charge in [-0.25, -0.2) is 13.5 Å². The van der Waals surface area contributed by atoms with Gasteiger partial charge in [0.25, 0.3) is 0 Å². The van der Waals surface area contributed by atoms with Gasteiger partial charge in [0.15, 0.2) is 4.77 Å². The molecule has 2 aromatic rings. The second-order valence-electron chi connectivity index (χ2n) is 4.99. The Kier molecular flexibility index (Phi) is 5.76. The summed E-state index contributed by atoms with van der Waals surface area (Å²) in [5.74, 6) is -1.14. The lowest BCUT2D eigenvalue weighted by molar-refractivity contribution is 0.186. The van der Waals surface area contributed by atoms with Crippen LogP contribution in [-0.2, 0) is 24.5 Å². The Bertz CT molecular complexity index is 686. The molecule has 1 aromatic carbocycles. The Labute approximate surface area is 132 Å². The van der Waals surface area contributed by atoms with E-state index in [1.807, 2.05) is 16.5 Å². The molecule has 0 atom stereocenters. The molecule has 22 heavy (non-hydrogen) atoms. The summed E-state index contributed by atoms with van der Waals surface area (Å²) in [6.45, 7) is 1.93. The van der Waals surface area contributed by atoms with E-state index in [-0.39, 0.29) is 0 Å². The normalized spacial score (nSPS) is 11.3. The zero-order chi connectivity index (χ0) is 16.1. The topological polar surface area (TPSA) is 35.2 Å². The van der Waals surface area contributed by atoms with E-state index < -0.39 is 11.6 Å². The molecule has 120 valence electrons. The first-order valence-corrected chi connectivity index (χ1v) is 7.15. The van der Waals surface area contributed by atoms with E-state index in [1.165, 1.54) is 12.1 Å². The van der Waals surface area contributed by atoms with Crippen molar-refractivity contribution in [2.75, 3.05) is 20.8 Å². The van der Waals surface area contributed by atoms with Gasteiger partial charge in [0.1, 0.15) is 18.0 Å². The number of methoxy groups -OCH3 is 1. The predicted octanol–water partition coefficient (Wildman–Crippen LogP) is 2.43. The van der Waals surface area contributed by atoms with E-state index in [4.69, 9.17) is 17.0 Å². The molecule has 0 fully saturated rings. The van der Waals surface area contributed by atoms with Crippen molar-refractivity contribution >= 4 is 12.2 Å². The van der Waals surface area contributed by atoms with Crippen molar-refractivity contribution in [3.05, 3.63) is 46.5 Å². The van der Waals surface area contributed by atoms with Crippen LogP contribution in [0.1, 0.15) is 5.56 Å². The first-order chi connectivity index (χ1) is 10.5. The molecule has 0 bridgehead atoms. The van der Waals surface area contributed by atoms with Crippen molar-refractivity contribution in [2.24, 2.45) is 0 Å². The van der Waals surface area contributed by atoms with E-state index in [9.17, 15) is 8.78 Å². The molecular formula is C14H18F2N4OS. The van der Waals surface area contributed by atoms with Crippen LogP contribution in [-0.4, -0.2) is 40.0 Å². The molecule has 0 spiro atoms. The van der Waals surface area contributed by atoms with Crippen molar-refractivity contribution in [3.8, 4) is 0 Å². The average molecular weight is 328 g/mol. The van der Waals surface area contributed by atoms with Gasteiger partial charge >= 0.3 is 0 Å². The average Bonchev–Trinajstić information content (AvgIpc) is 2.81. The van der Waals surface area contributed by atoms with E-state index in [0.29, 0.717) is 36.7 Å². The van der Waals surface area contributed by atoms with E-state index in [2.05, 4.69) is 5.10 Å². The summed E-state index contributed by atoms with van der Waals surface area (Å²) in [7, 11) is 3.44. The molecular weight excluding hydrogens is 310 g/mol. The molecule has 0 radical (unpaired) electrons. The smallest absolute Gasteiger partial charge is 0.198 e. The van der Waals surface area contributed by atoms with Gasteiger partial charge in [0.05, 0.1) is 13.3 Å². The Morgan fingerprint density at radius 3 is 2.82 bits per heavy atom. The van der Waals surface area contributed by atoms with Crippen LogP contribution in [0, 0.1) is 16.4 Å². The van der Waals surface area contributed by atoms with Gasteiger partial charge < -0.3 is 9.30 Å². The van der Waals surface area contributed by atoms with Crippen LogP contribution >= 0.6 is 12.2 Å². The second-order valence-corrected chi connectivity index (χ2v) is 5.36. The van der Waals surface area contributed by atoms with Crippen molar-refractivity contribution < 1.29 is 13.5 Å². The lowest BCUT2D eigenvalue weighted by atomic mass is 10.2. The van der Waals surface area contributed by atoms with Gasteiger partial charge in [-0.15, -0.1) is 0 Å². The highest BCUT2D eigenvalue weighted by molar-refractivity contribution is 7.71. The quantitative estimate of drug-likeness (QED) is 0.731. The molecule has 0 saturated heterocycles. The Morgan fingerprint density at radius 1 is 1.36 bits per heavy atom. The van der Waals surface area contributed by atoms with Crippen LogP contribution in [0.2, 0.25) is 0 Å². The first kappa shape index (κ1) is 16.7. The summed E-state index contributed by atoms with van der Waals surface area (Å²) >= 11 is 5.32. The summed E-state index contributed by atoms with van der Waals surface area (Å²) in [6, 6.07) is 3.57. The largest absolute Gasteiger partial charge is 0.383 e. The third-order valence-electron chi connectivity index (χ3n) is 3.16. The van der Waals surface area contributed by atoms with Crippen LogP contribution in [0.3, 0.4) is 0 Å². The van der Waals surface area contributed by atoms with Gasteiger partial charge in [-0.1, -0.05) is 6.07 Å². The van der Waals surface area contributed by atoms with Crippen molar-refractivity contribution in [1.82, 2.24) is 19.2 Å². The SMILES string of the molecule is COCCn1cnn(CN(C)Cc2ccc(F)cc2F)c1=S. The molecule has 0 aliphatic heterocycles. The fourth-order valence-electron chi connectivity index (χ4n) is 2.03. The van der Waals surface area contributed by atoms with Crippen LogP contribution in [0.15, 0.2) is 24.5 Å². The number of halogens is 2. The summed E-state index contributed by atoms with van der Waals surface area (Å²) in [5, 5.41) is 4.21. The molecule has 0 aliphatic carbocycles. The maximum atomic E-state index is 13.6. The zero-order valence-electron chi connectivity index (χ0n) is 12.5. The standard InChI is InChI=1S/C14H18F2N4OS/c1-18(8-11-3-4-12(15)7-13(11)16)10-20-14(22)19(9-17-20)5-6-21-2/h3-4,7,9H,5-6,8,10H2,1-2H3. The molecule has 5 nitrogen and oxygen atoms in total. The van der Waals surface area contributed by atoms with E-state index in [0.717, 1.165) is 6.07 Å². The maximum absolute atomic E-state index is 13.6. The van der Waals surface area contributed by atoms with Gasteiger partial charge in [-0.2, -0.15) is 5.10 Å². The first-order valence-electron chi connectivity index (χ1n) is 6.75. The number of rotatable bonds is 7. The molecule has 0 N–H and O–H groups in total. The molecule has 0 saturated carbocycles. The summed E-state index contributed by atoms with van der Waals surface area (Å²) in [6.07, 6.45) is 1.65. The van der Waals surface area contributed by atoms with Gasteiger partial charge in [0.2, 0.25) is 0 Å². The maximum Gasteiger partial charge on any atom is 0.198 e. The fraction of sp³-hybridized carbons (Fsp3) is 0.429. The molecule has 8 heteroatoms. The molecule has 0 unspecified atom stereocenters. The number of ether oxygens (including phenoxy) is 1. The summed E-state index contributed by atoms with van der Waals surface area (Å²) < 4.78 is 35.6. The number of aromatic nitrogens is 3. The zero-order valence-corrected chi connectivity index (χ0v) is 13.3. The predicted molar refractivity (Wildman–Crippen MR) is 80.8 cm³/mol. The Hall–Kier alpha value is -1.64. The lowest BCUT2D eigenvalue weighted by Gasteiger charge is -2.17. The number of nitrogens with zero attached hydrogens (tertiary/aromatic N) is 4. The highest BCUT2D eigenvalue weighted by Crippen LogP contribution is 2.12. The van der Waals surface area contributed by atoms with Crippen molar-refractivity contribution in [2.45, 2.75) is 19.8 Å². The second kappa shape index (κ2) is 7.57. The Morgan fingerprint density at radius 2 is 2.14 bits per heavy atom. The van der Waals surface area contributed by atoms with Gasteiger partial charge in [-0.05, 0) is 25.3 Å². The third kappa shape index (κ3) is 4.19. The van der Waals surface area contributed by atoms with Crippen molar-refractivity contribution in [3.63, 3.8) is 0 Å². The monoisotopic (exact) mass is 328 g/mol. The molecule has 1 aromatic heterocycles. The highest BCUT2D eigenvalue weighted by Gasteiger charge is 2.09. The lowest BCUT2D eigenvalue weighted by Crippen LogP contribution is -2.23. The van der Waals surface area contributed by atoms with Gasteiger partial charge in [0, 0.05) is 31.8 Å². The minimum Gasteiger partial charge on any atom is -0.383 e. The number of benzene rings is 1. The number of hydrogen-bond acceptors (Lipinski definition) is 4.